The molecule has 0 amide bonds. The molecule has 0 saturated carbocycles. The molecule has 0 aliphatic carbocycles. The molecule has 11 heteroatoms. The van der Waals surface area contributed by atoms with E-state index in [1.807, 2.05) is 0 Å². The Hall–Kier alpha value is -0.300. The molecule has 0 aromatic rings. The topological polar surface area (TPSA) is 90.5 Å². The molecule has 2 rings (SSSR count). The highest BCUT2D eigenvalue weighted by molar-refractivity contribution is 7.87. The fraction of sp³-hybridized carbons (Fsp3) is 1.00. The van der Waals surface area contributed by atoms with E-state index in [2.05, 4.69) is 27.7 Å². The van der Waals surface area contributed by atoms with Gasteiger partial charge in [-0.15, -0.1) is 0 Å². The number of piperazine rings is 1. The number of ether oxygens (including phenoxy) is 1. The average molecular weight is 455 g/mol. The Balaban J connectivity index is 2.01. The Bertz CT molecular complexity index is 686. The van der Waals surface area contributed by atoms with E-state index in [0.29, 0.717) is 51.2 Å². The molecule has 2 saturated heterocycles. The second kappa shape index (κ2) is 10.8. The minimum atomic E-state index is -3.60. The number of nitrogens with zero attached hydrogens (tertiary/aromatic N) is 4. The summed E-state index contributed by atoms with van der Waals surface area (Å²) in [7, 11) is -7.16. The predicted molar refractivity (Wildman–Crippen MR) is 114 cm³/mol. The Labute approximate surface area is 177 Å². The van der Waals surface area contributed by atoms with Crippen molar-refractivity contribution in [1.29, 1.82) is 0 Å². The van der Waals surface area contributed by atoms with Gasteiger partial charge in [0.05, 0.1) is 13.2 Å². The van der Waals surface area contributed by atoms with Crippen molar-refractivity contribution in [2.24, 2.45) is 11.8 Å². The predicted octanol–water partition coefficient (Wildman–Crippen LogP) is 0.820. The van der Waals surface area contributed by atoms with Gasteiger partial charge in [0.2, 0.25) is 0 Å². The van der Waals surface area contributed by atoms with Gasteiger partial charge in [0, 0.05) is 52.4 Å². The highest BCUT2D eigenvalue weighted by Crippen LogP contribution is 2.19. The summed E-state index contributed by atoms with van der Waals surface area (Å²) >= 11 is 0. The Kier molecular flexibility index (Phi) is 9.32. The first-order valence-electron chi connectivity index (χ1n) is 10.6. The first-order chi connectivity index (χ1) is 13.5. The number of morpholine rings is 1. The van der Waals surface area contributed by atoms with E-state index in [4.69, 9.17) is 4.74 Å². The summed E-state index contributed by atoms with van der Waals surface area (Å²) in [6.07, 6.45) is 1.62. The second-order valence-electron chi connectivity index (χ2n) is 8.59. The second-order valence-corrected chi connectivity index (χ2v) is 12.4. The molecule has 2 aliphatic rings. The van der Waals surface area contributed by atoms with Gasteiger partial charge in [0.15, 0.2) is 0 Å². The largest absolute Gasteiger partial charge is 0.379 e. The smallest absolute Gasteiger partial charge is 0.282 e. The summed E-state index contributed by atoms with van der Waals surface area (Å²) in [5, 5.41) is 0. The third kappa shape index (κ3) is 6.84. The molecule has 29 heavy (non-hydrogen) atoms. The Morgan fingerprint density at radius 2 is 1.14 bits per heavy atom. The van der Waals surface area contributed by atoms with Crippen LogP contribution in [0, 0.1) is 11.8 Å². The molecule has 9 nitrogen and oxygen atoms in total. The zero-order chi connectivity index (χ0) is 21.7. The van der Waals surface area contributed by atoms with Crippen LogP contribution in [-0.2, 0) is 25.2 Å². The molecule has 0 unspecified atom stereocenters. The van der Waals surface area contributed by atoms with Crippen molar-refractivity contribution in [2.45, 2.75) is 40.5 Å². The summed E-state index contributed by atoms with van der Waals surface area (Å²) in [5.41, 5.74) is 0. The van der Waals surface area contributed by atoms with Gasteiger partial charge < -0.3 is 4.74 Å². The van der Waals surface area contributed by atoms with Gasteiger partial charge in [-0.05, 0) is 24.7 Å². The molecule has 2 aliphatic heterocycles. The lowest BCUT2D eigenvalue weighted by molar-refractivity contribution is 0.0694. The quantitative estimate of drug-likeness (QED) is 0.487. The SMILES string of the molecule is CC(C)CCN(CCC(C)C)S(=O)(=O)N1CCN(S(=O)(=O)N2CCOCC2)CC1. The summed E-state index contributed by atoms with van der Waals surface area (Å²) < 4.78 is 63.1. The van der Waals surface area contributed by atoms with Crippen LogP contribution >= 0.6 is 0 Å². The molecule has 172 valence electrons. The maximum atomic E-state index is 13.2. The lowest BCUT2D eigenvalue weighted by atomic mass is 10.1. The molecule has 0 aromatic carbocycles. The molecule has 0 radical (unpaired) electrons. The van der Waals surface area contributed by atoms with Gasteiger partial charge >= 0.3 is 0 Å². The Morgan fingerprint density at radius 3 is 1.59 bits per heavy atom. The Morgan fingerprint density at radius 1 is 0.724 bits per heavy atom. The minimum Gasteiger partial charge on any atom is -0.379 e. The fourth-order valence-electron chi connectivity index (χ4n) is 3.38. The van der Waals surface area contributed by atoms with Crippen molar-refractivity contribution in [3.8, 4) is 0 Å². The third-order valence-electron chi connectivity index (χ3n) is 5.38. The molecule has 0 aromatic heterocycles. The van der Waals surface area contributed by atoms with Crippen LogP contribution in [0.15, 0.2) is 0 Å². The van der Waals surface area contributed by atoms with E-state index in [-0.39, 0.29) is 26.2 Å². The molecule has 0 spiro atoms. The van der Waals surface area contributed by atoms with Gasteiger partial charge in [0.25, 0.3) is 20.4 Å². The van der Waals surface area contributed by atoms with Crippen molar-refractivity contribution in [3.63, 3.8) is 0 Å². The number of hydrogen-bond acceptors (Lipinski definition) is 5. The third-order valence-corrected chi connectivity index (χ3v) is 9.46. The zero-order valence-electron chi connectivity index (χ0n) is 18.3. The van der Waals surface area contributed by atoms with Gasteiger partial charge in [-0.1, -0.05) is 27.7 Å². The number of rotatable bonds is 10. The van der Waals surface area contributed by atoms with Crippen LogP contribution in [0.2, 0.25) is 0 Å². The zero-order valence-corrected chi connectivity index (χ0v) is 19.9. The van der Waals surface area contributed by atoms with Gasteiger partial charge in [-0.25, -0.2) is 0 Å². The first-order valence-corrected chi connectivity index (χ1v) is 13.4. The summed E-state index contributed by atoms with van der Waals surface area (Å²) in [6.45, 7) is 11.6. The maximum Gasteiger partial charge on any atom is 0.282 e. The van der Waals surface area contributed by atoms with Crippen LogP contribution in [0.4, 0.5) is 0 Å². The molecular weight excluding hydrogens is 416 g/mol. The lowest BCUT2D eigenvalue weighted by Gasteiger charge is -2.38. The van der Waals surface area contributed by atoms with E-state index in [9.17, 15) is 16.8 Å². The van der Waals surface area contributed by atoms with Crippen molar-refractivity contribution in [3.05, 3.63) is 0 Å². The van der Waals surface area contributed by atoms with E-state index in [0.717, 1.165) is 12.8 Å². The highest BCUT2D eigenvalue weighted by Gasteiger charge is 2.37. The van der Waals surface area contributed by atoms with E-state index >= 15 is 0 Å². The van der Waals surface area contributed by atoms with Crippen molar-refractivity contribution in [2.75, 3.05) is 65.6 Å². The van der Waals surface area contributed by atoms with Crippen molar-refractivity contribution >= 4 is 20.4 Å². The highest BCUT2D eigenvalue weighted by atomic mass is 32.2. The van der Waals surface area contributed by atoms with Crippen LogP contribution in [0.3, 0.4) is 0 Å². The van der Waals surface area contributed by atoms with E-state index in [1.165, 1.54) is 12.9 Å². The molecule has 0 N–H and O–H groups in total. The van der Waals surface area contributed by atoms with Crippen molar-refractivity contribution in [1.82, 2.24) is 17.2 Å². The van der Waals surface area contributed by atoms with Gasteiger partial charge in [-0.2, -0.15) is 34.1 Å². The molecule has 2 fully saturated rings. The molecule has 0 atom stereocenters. The monoisotopic (exact) mass is 454 g/mol. The van der Waals surface area contributed by atoms with Crippen LogP contribution in [0.25, 0.3) is 0 Å². The molecule has 2 heterocycles. The normalized spacial score (nSPS) is 21.5. The van der Waals surface area contributed by atoms with Crippen LogP contribution in [0.5, 0.6) is 0 Å². The van der Waals surface area contributed by atoms with Gasteiger partial charge in [-0.3, -0.25) is 0 Å². The summed E-state index contributed by atoms with van der Waals surface area (Å²) in [5.74, 6) is 0.838. The van der Waals surface area contributed by atoms with Crippen LogP contribution in [-0.4, -0.2) is 99.6 Å². The molecule has 0 bridgehead atoms. The fourth-order valence-corrected chi connectivity index (χ4v) is 6.57. The van der Waals surface area contributed by atoms with Crippen LogP contribution < -0.4 is 0 Å². The van der Waals surface area contributed by atoms with E-state index < -0.39 is 20.4 Å². The standard InChI is InChI=1S/C18H38N4O5S2/c1-17(2)5-7-19(8-6-18(3)4)28(23,24)20-9-11-21(12-10-20)29(25,26)22-13-15-27-16-14-22/h17-18H,5-16H2,1-4H3. The maximum absolute atomic E-state index is 13.2. The van der Waals surface area contributed by atoms with E-state index in [1.54, 1.807) is 4.31 Å². The number of hydrogen-bond donors (Lipinski definition) is 0. The van der Waals surface area contributed by atoms with Crippen molar-refractivity contribution < 1.29 is 21.6 Å². The summed E-state index contributed by atoms with van der Waals surface area (Å²) in [6, 6.07) is 0. The molecular formula is C18H38N4O5S2. The minimum absolute atomic E-state index is 0.182. The average Bonchev–Trinajstić information content (AvgIpc) is 2.68. The summed E-state index contributed by atoms with van der Waals surface area (Å²) in [4.78, 5) is 0. The van der Waals surface area contributed by atoms with Gasteiger partial charge in [0.1, 0.15) is 0 Å². The first kappa shape index (κ1) is 25.0. The van der Waals surface area contributed by atoms with Crippen LogP contribution in [0.1, 0.15) is 40.5 Å². The lowest BCUT2D eigenvalue weighted by Crippen LogP contribution is -2.57.